The highest BCUT2D eigenvalue weighted by Gasteiger charge is 2.60. The van der Waals surface area contributed by atoms with E-state index in [-0.39, 0.29) is 16.0 Å². The van der Waals surface area contributed by atoms with Gasteiger partial charge in [-0.25, -0.2) is 0 Å². The van der Waals surface area contributed by atoms with Crippen molar-refractivity contribution >= 4 is 33.5 Å². The number of esters is 1. The fourth-order valence-corrected chi connectivity index (χ4v) is 7.07. The van der Waals surface area contributed by atoms with Crippen LogP contribution in [0.2, 0.25) is 0 Å². The van der Waals surface area contributed by atoms with Crippen molar-refractivity contribution < 1.29 is 27.5 Å². The van der Waals surface area contributed by atoms with Gasteiger partial charge in [0, 0.05) is 10.0 Å². The van der Waals surface area contributed by atoms with E-state index in [2.05, 4.69) is 21.2 Å². The SMILES string of the molecule is O=C(COC(=O)C12CC3CC(CC(Br)(C3)C1)C2)Nc1ccc(C(F)(F)F)cc1. The van der Waals surface area contributed by atoms with Crippen LogP contribution in [0.15, 0.2) is 24.3 Å². The van der Waals surface area contributed by atoms with E-state index in [0.717, 1.165) is 50.7 Å². The average Bonchev–Trinajstić information content (AvgIpc) is 2.57. The van der Waals surface area contributed by atoms with Crippen LogP contribution in [0.4, 0.5) is 18.9 Å². The lowest BCUT2D eigenvalue weighted by Gasteiger charge is -2.58. The Morgan fingerprint density at radius 1 is 1.11 bits per heavy atom. The first-order chi connectivity index (χ1) is 13.1. The number of hydrogen-bond acceptors (Lipinski definition) is 3. The second-order valence-corrected chi connectivity index (χ2v) is 10.3. The number of nitrogens with one attached hydrogen (secondary N) is 1. The van der Waals surface area contributed by atoms with E-state index in [1.54, 1.807) is 0 Å². The van der Waals surface area contributed by atoms with Crippen molar-refractivity contribution in [1.29, 1.82) is 0 Å². The third-order valence-corrected chi connectivity index (χ3v) is 7.18. The van der Waals surface area contributed by atoms with Crippen molar-refractivity contribution in [3.8, 4) is 0 Å². The molecular weight excluding hydrogens is 439 g/mol. The molecule has 4 aliphatic rings. The summed E-state index contributed by atoms with van der Waals surface area (Å²) in [7, 11) is 0. The zero-order valence-corrected chi connectivity index (χ0v) is 16.7. The van der Waals surface area contributed by atoms with Gasteiger partial charge in [-0.05, 0) is 74.6 Å². The topological polar surface area (TPSA) is 55.4 Å². The van der Waals surface area contributed by atoms with Crippen LogP contribution in [0.3, 0.4) is 0 Å². The minimum atomic E-state index is -4.43. The van der Waals surface area contributed by atoms with Crippen molar-refractivity contribution in [3.05, 3.63) is 29.8 Å². The first-order valence-electron chi connectivity index (χ1n) is 9.40. The van der Waals surface area contributed by atoms with E-state index in [9.17, 15) is 22.8 Å². The molecule has 4 aliphatic carbocycles. The number of anilines is 1. The second-order valence-electron chi connectivity index (χ2n) is 8.59. The molecule has 0 radical (unpaired) electrons. The molecule has 1 aromatic carbocycles. The number of ether oxygens (including phenoxy) is 1. The molecule has 4 saturated carbocycles. The molecular formula is C20H21BrF3NO3. The lowest BCUT2D eigenvalue weighted by atomic mass is 9.49. The maximum absolute atomic E-state index is 12.8. The van der Waals surface area contributed by atoms with Gasteiger partial charge in [-0.1, -0.05) is 15.9 Å². The molecule has 2 unspecified atom stereocenters. The van der Waals surface area contributed by atoms with Crippen molar-refractivity contribution in [2.24, 2.45) is 17.3 Å². The Labute approximate surface area is 169 Å². The number of benzene rings is 1. The quantitative estimate of drug-likeness (QED) is 0.513. The van der Waals surface area contributed by atoms with Gasteiger partial charge in [0.15, 0.2) is 6.61 Å². The zero-order chi connectivity index (χ0) is 20.2. The number of hydrogen-bond donors (Lipinski definition) is 1. The molecule has 1 N–H and O–H groups in total. The van der Waals surface area contributed by atoms with Crippen LogP contribution in [0.25, 0.3) is 0 Å². The van der Waals surface area contributed by atoms with Crippen molar-refractivity contribution in [1.82, 2.24) is 0 Å². The normalized spacial score (nSPS) is 33.6. The number of rotatable bonds is 4. The first-order valence-corrected chi connectivity index (χ1v) is 10.2. The van der Waals surface area contributed by atoms with Crippen LogP contribution >= 0.6 is 15.9 Å². The summed E-state index contributed by atoms with van der Waals surface area (Å²) in [5, 5.41) is 2.46. The number of amides is 1. The Morgan fingerprint density at radius 3 is 2.25 bits per heavy atom. The van der Waals surface area contributed by atoms with Crippen LogP contribution in [0.1, 0.15) is 44.1 Å². The summed E-state index contributed by atoms with van der Waals surface area (Å²) < 4.78 is 43.1. The largest absolute Gasteiger partial charge is 0.455 e. The molecule has 1 amide bonds. The van der Waals surface area contributed by atoms with Gasteiger partial charge in [-0.3, -0.25) is 9.59 Å². The van der Waals surface area contributed by atoms with E-state index in [0.29, 0.717) is 11.8 Å². The summed E-state index contributed by atoms with van der Waals surface area (Å²) in [5.41, 5.74) is -1.08. The van der Waals surface area contributed by atoms with Gasteiger partial charge >= 0.3 is 12.1 Å². The Kier molecular flexibility index (Phi) is 4.75. The fraction of sp³-hybridized carbons (Fsp3) is 0.600. The van der Waals surface area contributed by atoms with Gasteiger partial charge in [0.25, 0.3) is 5.91 Å². The van der Waals surface area contributed by atoms with Gasteiger partial charge in [0.2, 0.25) is 0 Å². The molecule has 4 fully saturated rings. The van der Waals surface area contributed by atoms with Crippen LogP contribution in [-0.4, -0.2) is 22.8 Å². The molecule has 0 heterocycles. The molecule has 152 valence electrons. The molecule has 0 aromatic heterocycles. The van der Waals surface area contributed by atoms with E-state index in [1.807, 2.05) is 0 Å². The summed E-state index contributed by atoms with van der Waals surface area (Å²) in [4.78, 5) is 24.9. The van der Waals surface area contributed by atoms with E-state index in [4.69, 9.17) is 4.74 Å². The summed E-state index contributed by atoms with van der Waals surface area (Å²) in [5.74, 6) is 0.155. The van der Waals surface area contributed by atoms with Gasteiger partial charge < -0.3 is 10.1 Å². The molecule has 4 nitrogen and oxygen atoms in total. The smallest absolute Gasteiger partial charge is 0.416 e. The van der Waals surface area contributed by atoms with E-state index in [1.165, 1.54) is 12.1 Å². The van der Waals surface area contributed by atoms with Crippen LogP contribution in [0, 0.1) is 17.3 Å². The van der Waals surface area contributed by atoms with Crippen molar-refractivity contribution in [2.75, 3.05) is 11.9 Å². The lowest BCUT2D eigenvalue weighted by molar-refractivity contribution is -0.170. The van der Waals surface area contributed by atoms with E-state index >= 15 is 0 Å². The van der Waals surface area contributed by atoms with Crippen molar-refractivity contribution in [2.45, 2.75) is 49.0 Å². The standard InChI is InChI=1S/C20H21BrF3NO3/c21-19-8-12-5-13(9-19)7-18(6-12,11-19)17(27)28-10-16(26)25-15-3-1-14(2-4-15)20(22,23)24/h1-4,12-13H,5-11H2,(H,25,26). The predicted octanol–water partition coefficient (Wildman–Crippen LogP) is 4.92. The molecule has 0 saturated heterocycles. The third-order valence-electron chi connectivity index (χ3n) is 6.25. The molecule has 8 heteroatoms. The summed E-state index contributed by atoms with van der Waals surface area (Å²) in [6.07, 6.45) is 1.29. The first kappa shape index (κ1) is 19.7. The second kappa shape index (κ2) is 6.75. The molecule has 2 atom stereocenters. The maximum Gasteiger partial charge on any atom is 0.416 e. The van der Waals surface area contributed by atoms with Gasteiger partial charge in [-0.15, -0.1) is 0 Å². The van der Waals surface area contributed by atoms with Gasteiger partial charge in [-0.2, -0.15) is 13.2 Å². The Hall–Kier alpha value is -1.57. The number of alkyl halides is 4. The van der Waals surface area contributed by atoms with Crippen molar-refractivity contribution in [3.63, 3.8) is 0 Å². The molecule has 1 aromatic rings. The molecule has 0 aliphatic heterocycles. The number of carbonyl (C=O) groups excluding carboxylic acids is 2. The Morgan fingerprint density at radius 2 is 1.71 bits per heavy atom. The Balaban J connectivity index is 1.33. The van der Waals surface area contributed by atoms with Gasteiger partial charge in [0.05, 0.1) is 11.0 Å². The average molecular weight is 460 g/mol. The molecule has 0 spiro atoms. The summed E-state index contributed by atoms with van der Waals surface area (Å²) in [6, 6.07) is 4.14. The number of carbonyl (C=O) groups is 2. The van der Waals surface area contributed by atoms with Crippen LogP contribution in [-0.2, 0) is 20.5 Å². The number of halogens is 4. The zero-order valence-electron chi connectivity index (χ0n) is 15.2. The molecule has 5 rings (SSSR count). The highest BCUT2D eigenvalue weighted by atomic mass is 79.9. The monoisotopic (exact) mass is 459 g/mol. The summed E-state index contributed by atoms with van der Waals surface area (Å²) >= 11 is 3.84. The highest BCUT2D eigenvalue weighted by molar-refractivity contribution is 9.10. The van der Waals surface area contributed by atoms with Crippen LogP contribution in [0.5, 0.6) is 0 Å². The minimum Gasteiger partial charge on any atom is -0.455 e. The lowest BCUT2D eigenvalue weighted by Crippen LogP contribution is -2.56. The summed E-state index contributed by atoms with van der Waals surface area (Å²) in [6.45, 7) is -0.438. The van der Waals surface area contributed by atoms with E-state index < -0.39 is 29.7 Å². The Bertz CT molecular complexity index is 779. The third kappa shape index (κ3) is 3.80. The fourth-order valence-electron chi connectivity index (χ4n) is 5.61. The minimum absolute atomic E-state index is 0.0125. The molecule has 28 heavy (non-hydrogen) atoms. The predicted molar refractivity (Wildman–Crippen MR) is 99.8 cm³/mol. The van der Waals surface area contributed by atoms with Crippen LogP contribution < -0.4 is 5.32 Å². The molecule has 4 bridgehead atoms. The highest BCUT2D eigenvalue weighted by Crippen LogP contribution is 2.64. The van der Waals surface area contributed by atoms with Gasteiger partial charge in [0.1, 0.15) is 0 Å². The maximum atomic E-state index is 12.8.